The lowest BCUT2D eigenvalue weighted by Crippen LogP contribution is -1.99. The molecule has 0 radical (unpaired) electrons. The van der Waals surface area contributed by atoms with E-state index in [9.17, 15) is 0 Å². The van der Waals surface area contributed by atoms with Crippen molar-refractivity contribution < 1.29 is 0 Å². The van der Waals surface area contributed by atoms with Gasteiger partial charge in [-0.15, -0.1) is 0 Å². The fourth-order valence-electron chi connectivity index (χ4n) is 2.60. The maximum Gasteiger partial charge on any atom is 0.0456 e. The van der Waals surface area contributed by atoms with Gasteiger partial charge in [0.05, 0.1) is 0 Å². The highest BCUT2D eigenvalue weighted by Crippen LogP contribution is 2.29. The van der Waals surface area contributed by atoms with Gasteiger partial charge in [-0.05, 0) is 29.5 Å². The van der Waals surface area contributed by atoms with E-state index >= 15 is 0 Å². The van der Waals surface area contributed by atoms with Crippen molar-refractivity contribution in [3.05, 3.63) is 71.9 Å². The average molecular weight is 235 g/mol. The number of aromatic nitrogens is 1. The van der Waals surface area contributed by atoms with Crippen LogP contribution in [-0.4, -0.2) is 4.98 Å². The van der Waals surface area contributed by atoms with E-state index in [-0.39, 0.29) is 0 Å². The van der Waals surface area contributed by atoms with Crippen LogP contribution in [0.25, 0.3) is 10.9 Å². The number of nitrogens with one attached hydrogen (secondary N) is 1. The number of para-hydroxylation sites is 1. The van der Waals surface area contributed by atoms with Gasteiger partial charge in [-0.1, -0.05) is 55.5 Å². The second-order valence-electron chi connectivity index (χ2n) is 4.68. The summed E-state index contributed by atoms with van der Waals surface area (Å²) in [4.78, 5) is 3.55. The normalized spacial score (nSPS) is 12.7. The first-order valence-corrected chi connectivity index (χ1v) is 6.51. The van der Waals surface area contributed by atoms with Crippen LogP contribution in [0.2, 0.25) is 0 Å². The van der Waals surface area contributed by atoms with Crippen LogP contribution in [0.15, 0.2) is 60.7 Å². The molecule has 0 aliphatic carbocycles. The minimum atomic E-state index is 0.457. The Hall–Kier alpha value is -2.02. The minimum Gasteiger partial charge on any atom is -0.358 e. The number of fused-ring (bicyclic) bond motifs is 1. The molecule has 3 rings (SSSR count). The molecule has 0 saturated carbocycles. The van der Waals surface area contributed by atoms with Crippen LogP contribution in [-0.2, 0) is 0 Å². The van der Waals surface area contributed by atoms with Crippen molar-refractivity contribution in [2.24, 2.45) is 0 Å². The lowest BCUT2D eigenvalue weighted by Gasteiger charge is -2.13. The van der Waals surface area contributed by atoms with Gasteiger partial charge in [0.1, 0.15) is 0 Å². The standard InChI is InChI=1S/C17H17N/c1-2-15(13-8-4-3-5-9-13)17-12-14-10-6-7-11-16(14)18-17/h3-12,15,18H,2H2,1H3. The summed E-state index contributed by atoms with van der Waals surface area (Å²) in [6.45, 7) is 2.24. The third-order valence-electron chi connectivity index (χ3n) is 3.54. The summed E-state index contributed by atoms with van der Waals surface area (Å²) in [6, 6.07) is 21.4. The van der Waals surface area contributed by atoms with Crippen molar-refractivity contribution in [2.75, 3.05) is 0 Å². The summed E-state index contributed by atoms with van der Waals surface area (Å²) >= 11 is 0. The lowest BCUT2D eigenvalue weighted by atomic mass is 9.93. The molecule has 3 aromatic rings. The molecule has 0 aliphatic rings. The van der Waals surface area contributed by atoms with Gasteiger partial charge in [0.15, 0.2) is 0 Å². The molecule has 1 aromatic heterocycles. The summed E-state index contributed by atoms with van der Waals surface area (Å²) in [5, 5.41) is 1.29. The van der Waals surface area contributed by atoms with E-state index in [1.54, 1.807) is 0 Å². The zero-order valence-corrected chi connectivity index (χ0v) is 10.6. The van der Waals surface area contributed by atoms with Crippen molar-refractivity contribution in [1.29, 1.82) is 0 Å². The molecule has 0 saturated heterocycles. The van der Waals surface area contributed by atoms with Crippen LogP contribution < -0.4 is 0 Å². The van der Waals surface area contributed by atoms with Crippen LogP contribution in [0.4, 0.5) is 0 Å². The fraction of sp³-hybridized carbons (Fsp3) is 0.176. The average Bonchev–Trinajstić information content (AvgIpc) is 2.84. The number of H-pyrrole nitrogens is 1. The highest BCUT2D eigenvalue weighted by atomic mass is 14.7. The number of aromatic amines is 1. The Balaban J connectivity index is 2.06. The molecule has 1 heterocycles. The molecule has 0 aliphatic heterocycles. The van der Waals surface area contributed by atoms with E-state index in [1.165, 1.54) is 22.2 Å². The largest absolute Gasteiger partial charge is 0.358 e. The molecule has 0 fully saturated rings. The van der Waals surface area contributed by atoms with Gasteiger partial charge < -0.3 is 4.98 Å². The quantitative estimate of drug-likeness (QED) is 0.676. The molecule has 1 N–H and O–H groups in total. The van der Waals surface area contributed by atoms with Crippen LogP contribution >= 0.6 is 0 Å². The minimum absolute atomic E-state index is 0.457. The first-order valence-electron chi connectivity index (χ1n) is 6.51. The summed E-state index contributed by atoms with van der Waals surface area (Å²) in [7, 11) is 0. The Bertz CT molecular complexity index is 604. The molecular weight excluding hydrogens is 218 g/mol. The van der Waals surface area contributed by atoms with Gasteiger partial charge in [0, 0.05) is 17.1 Å². The fourth-order valence-corrected chi connectivity index (χ4v) is 2.60. The molecule has 1 unspecified atom stereocenters. The zero-order valence-electron chi connectivity index (χ0n) is 10.6. The molecule has 2 aromatic carbocycles. The first kappa shape index (κ1) is 11.1. The molecular formula is C17H17N. The van der Waals surface area contributed by atoms with Crippen molar-refractivity contribution in [3.8, 4) is 0 Å². The molecule has 0 bridgehead atoms. The Morgan fingerprint density at radius 3 is 2.39 bits per heavy atom. The van der Waals surface area contributed by atoms with Gasteiger partial charge in [-0.25, -0.2) is 0 Å². The smallest absolute Gasteiger partial charge is 0.0456 e. The van der Waals surface area contributed by atoms with Crippen molar-refractivity contribution in [2.45, 2.75) is 19.3 Å². The van der Waals surface area contributed by atoms with E-state index in [4.69, 9.17) is 0 Å². The Kier molecular flexibility index (Phi) is 2.89. The monoisotopic (exact) mass is 235 g/mol. The highest BCUT2D eigenvalue weighted by molar-refractivity contribution is 5.80. The topological polar surface area (TPSA) is 15.8 Å². The van der Waals surface area contributed by atoms with Gasteiger partial charge >= 0.3 is 0 Å². The number of hydrogen-bond acceptors (Lipinski definition) is 0. The van der Waals surface area contributed by atoms with Crippen LogP contribution in [0.3, 0.4) is 0 Å². The third kappa shape index (κ3) is 1.92. The predicted octanol–water partition coefficient (Wildman–Crippen LogP) is 4.71. The molecule has 1 nitrogen and oxygen atoms in total. The summed E-state index contributed by atoms with van der Waals surface area (Å²) < 4.78 is 0. The summed E-state index contributed by atoms with van der Waals surface area (Å²) in [5.74, 6) is 0.457. The predicted molar refractivity (Wildman–Crippen MR) is 76.9 cm³/mol. The van der Waals surface area contributed by atoms with Gasteiger partial charge in [-0.2, -0.15) is 0 Å². The summed E-state index contributed by atoms with van der Waals surface area (Å²) in [5.41, 5.74) is 3.92. The molecule has 0 amide bonds. The van der Waals surface area contributed by atoms with Crippen LogP contribution in [0.1, 0.15) is 30.5 Å². The van der Waals surface area contributed by atoms with Gasteiger partial charge in [0.2, 0.25) is 0 Å². The molecule has 18 heavy (non-hydrogen) atoms. The zero-order chi connectivity index (χ0) is 12.4. The van der Waals surface area contributed by atoms with E-state index < -0.39 is 0 Å². The Morgan fingerprint density at radius 1 is 0.944 bits per heavy atom. The highest BCUT2D eigenvalue weighted by Gasteiger charge is 2.13. The van der Waals surface area contributed by atoms with E-state index in [0.717, 1.165) is 6.42 Å². The molecule has 1 atom stereocenters. The van der Waals surface area contributed by atoms with Crippen molar-refractivity contribution in [3.63, 3.8) is 0 Å². The van der Waals surface area contributed by atoms with Crippen LogP contribution in [0.5, 0.6) is 0 Å². The van der Waals surface area contributed by atoms with Crippen LogP contribution in [0, 0.1) is 0 Å². The second-order valence-corrected chi connectivity index (χ2v) is 4.68. The van der Waals surface area contributed by atoms with E-state index in [0.29, 0.717) is 5.92 Å². The van der Waals surface area contributed by atoms with Crippen molar-refractivity contribution in [1.82, 2.24) is 4.98 Å². The Morgan fingerprint density at radius 2 is 1.67 bits per heavy atom. The lowest BCUT2D eigenvalue weighted by molar-refractivity contribution is 0.758. The maximum atomic E-state index is 3.55. The number of hydrogen-bond donors (Lipinski definition) is 1. The molecule has 0 spiro atoms. The van der Waals surface area contributed by atoms with Gasteiger partial charge in [-0.3, -0.25) is 0 Å². The second kappa shape index (κ2) is 4.69. The first-order chi connectivity index (χ1) is 8.88. The number of rotatable bonds is 3. The molecule has 90 valence electrons. The third-order valence-corrected chi connectivity index (χ3v) is 3.54. The molecule has 1 heteroatoms. The number of benzene rings is 2. The van der Waals surface area contributed by atoms with Crippen molar-refractivity contribution >= 4 is 10.9 Å². The Labute approximate surface area is 107 Å². The SMILES string of the molecule is CCC(c1ccccc1)c1cc2ccccc2[nH]1. The summed E-state index contributed by atoms with van der Waals surface area (Å²) in [6.07, 6.45) is 1.11. The van der Waals surface area contributed by atoms with E-state index in [1.807, 2.05) is 0 Å². The maximum absolute atomic E-state index is 3.55. The van der Waals surface area contributed by atoms with Gasteiger partial charge in [0.25, 0.3) is 0 Å². The van der Waals surface area contributed by atoms with E-state index in [2.05, 4.69) is 72.6 Å².